The number of hydrogen-bond donors (Lipinski definition) is 1. The first-order valence-electron chi connectivity index (χ1n) is 13.8. The summed E-state index contributed by atoms with van der Waals surface area (Å²) in [5.74, 6) is 0.118. The molecule has 2 aromatic rings. The van der Waals surface area contributed by atoms with Crippen molar-refractivity contribution in [2.75, 3.05) is 40.0 Å². The molecule has 0 spiro atoms. The smallest absolute Gasteiger partial charge is 0.223 e. The summed E-state index contributed by atoms with van der Waals surface area (Å²) < 4.78 is 5.44. The number of ether oxygens (including phenoxy) is 1. The summed E-state index contributed by atoms with van der Waals surface area (Å²) in [5.41, 5.74) is 2.44. The van der Waals surface area contributed by atoms with Crippen LogP contribution in [0, 0.1) is 10.8 Å². The van der Waals surface area contributed by atoms with Gasteiger partial charge in [-0.1, -0.05) is 72.8 Å². The van der Waals surface area contributed by atoms with Crippen molar-refractivity contribution in [2.45, 2.75) is 51.6 Å². The first-order chi connectivity index (χ1) is 18.3. The zero-order chi connectivity index (χ0) is 27.6. The lowest BCUT2D eigenvalue weighted by atomic mass is 9.84. The van der Waals surface area contributed by atoms with Crippen LogP contribution in [0.25, 0.3) is 0 Å². The minimum absolute atomic E-state index is 0.0305. The summed E-state index contributed by atoms with van der Waals surface area (Å²) in [4.78, 5) is 16.7. The van der Waals surface area contributed by atoms with E-state index in [9.17, 15) is 9.90 Å². The monoisotopic (exact) mass is 518 g/mol. The third-order valence-electron chi connectivity index (χ3n) is 8.34. The molecule has 0 aromatic heterocycles. The first-order valence-corrected chi connectivity index (χ1v) is 13.8. The van der Waals surface area contributed by atoms with Crippen LogP contribution in [0.3, 0.4) is 0 Å². The molecule has 4 atom stereocenters. The van der Waals surface area contributed by atoms with E-state index in [-0.39, 0.29) is 29.4 Å². The summed E-state index contributed by atoms with van der Waals surface area (Å²) in [6, 6.07) is 21.3. The van der Waals surface area contributed by atoms with Gasteiger partial charge in [0.25, 0.3) is 0 Å². The average molecular weight is 519 g/mol. The van der Waals surface area contributed by atoms with Gasteiger partial charge in [0, 0.05) is 43.5 Å². The lowest BCUT2D eigenvalue weighted by Crippen LogP contribution is -2.32. The molecule has 0 aliphatic carbocycles. The topological polar surface area (TPSA) is 53.0 Å². The molecule has 1 N–H and O–H groups in total. The Morgan fingerprint density at radius 2 is 1.47 bits per heavy atom. The molecule has 5 heteroatoms. The van der Waals surface area contributed by atoms with E-state index in [4.69, 9.17) is 4.74 Å². The number of carbonyl (C=O) groups is 1. The molecule has 2 saturated heterocycles. The predicted octanol–water partition coefficient (Wildman–Crippen LogP) is 6.20. The van der Waals surface area contributed by atoms with Gasteiger partial charge >= 0.3 is 0 Å². The molecule has 5 nitrogen and oxygen atoms in total. The van der Waals surface area contributed by atoms with Crippen LogP contribution in [0.5, 0.6) is 0 Å². The zero-order valence-electron chi connectivity index (χ0n) is 23.5. The van der Waals surface area contributed by atoms with Gasteiger partial charge in [-0.3, -0.25) is 9.69 Å². The van der Waals surface area contributed by atoms with E-state index in [1.54, 1.807) is 13.2 Å². The largest absolute Gasteiger partial charge is 0.396 e. The number of amides is 1. The third kappa shape index (κ3) is 7.22. The Hall–Kier alpha value is -2.73. The molecular weight excluding hydrogens is 472 g/mol. The number of nitrogens with zero attached hydrogens (tertiary/aromatic N) is 2. The number of likely N-dealkylation sites (tertiary alicyclic amines) is 2. The van der Waals surface area contributed by atoms with Gasteiger partial charge in [0.2, 0.25) is 5.91 Å². The highest BCUT2D eigenvalue weighted by atomic mass is 16.5. The van der Waals surface area contributed by atoms with E-state index >= 15 is 0 Å². The number of allylic oxidation sites excluding steroid dienone is 2. The summed E-state index contributed by atoms with van der Waals surface area (Å²) >= 11 is 0. The first kappa shape index (κ1) is 29.8. The molecule has 206 valence electrons. The van der Waals surface area contributed by atoms with E-state index in [0.717, 1.165) is 31.7 Å². The molecule has 38 heavy (non-hydrogen) atoms. The molecular formula is C33H46N2O3. The summed E-state index contributed by atoms with van der Waals surface area (Å²) in [7, 11) is 1.80. The lowest BCUT2D eigenvalue weighted by Gasteiger charge is -2.30. The minimum atomic E-state index is -0.345. The Morgan fingerprint density at radius 3 is 2.00 bits per heavy atom. The highest BCUT2D eigenvalue weighted by Crippen LogP contribution is 2.39. The van der Waals surface area contributed by atoms with Gasteiger partial charge in [0.1, 0.15) is 0 Å². The van der Waals surface area contributed by atoms with E-state index in [0.29, 0.717) is 25.4 Å². The van der Waals surface area contributed by atoms with Crippen molar-refractivity contribution in [1.29, 1.82) is 0 Å². The Labute approximate surface area is 229 Å². The van der Waals surface area contributed by atoms with E-state index in [1.807, 2.05) is 48.2 Å². The number of hydrogen-bond acceptors (Lipinski definition) is 4. The normalized spacial score (nSPS) is 24.9. The van der Waals surface area contributed by atoms with Crippen molar-refractivity contribution >= 4 is 5.91 Å². The van der Waals surface area contributed by atoms with Crippen molar-refractivity contribution in [1.82, 2.24) is 9.80 Å². The fraction of sp³-hybridized carbons (Fsp3) is 0.485. The van der Waals surface area contributed by atoms with Crippen molar-refractivity contribution in [3.05, 3.63) is 97.1 Å². The second-order valence-electron chi connectivity index (χ2n) is 11.2. The number of benzene rings is 2. The molecule has 1 amide bonds. The molecule has 4 rings (SSSR count). The maximum atomic E-state index is 12.2. The number of aliphatic hydroxyl groups is 1. The van der Waals surface area contributed by atoms with Gasteiger partial charge in [0.15, 0.2) is 0 Å². The second kappa shape index (κ2) is 13.9. The van der Waals surface area contributed by atoms with Crippen LogP contribution >= 0.6 is 0 Å². The number of carbonyl (C=O) groups excluding carboxylic acids is 1. The maximum absolute atomic E-state index is 12.2. The van der Waals surface area contributed by atoms with Gasteiger partial charge in [-0.15, -0.1) is 13.2 Å². The van der Waals surface area contributed by atoms with Gasteiger partial charge < -0.3 is 14.7 Å². The quantitative estimate of drug-likeness (QED) is 0.360. The Kier molecular flexibility index (Phi) is 10.9. The van der Waals surface area contributed by atoms with Gasteiger partial charge in [-0.05, 0) is 50.8 Å². The standard InChI is InChI=1S/C17H25NO.C16H21NO2/c1-4-10-17(14-19-3)11-12-18(13-17)15(2)16-8-6-5-7-9-16;1-3-9-16(12-18)10-15(19)17(11-16)13(2)14-7-5-4-6-8-14/h4-9,15H,1,10-14H2,2-3H3;3-8,13,18H,1,9-12H2,2H3/t15-,17-;13-,16-/m11/s1. The summed E-state index contributed by atoms with van der Waals surface area (Å²) in [6.45, 7) is 15.7. The Morgan fingerprint density at radius 1 is 0.921 bits per heavy atom. The van der Waals surface area contributed by atoms with Crippen molar-refractivity contribution < 1.29 is 14.6 Å². The molecule has 0 radical (unpaired) electrons. The fourth-order valence-electron chi connectivity index (χ4n) is 6.00. The predicted molar refractivity (Wildman–Crippen MR) is 156 cm³/mol. The van der Waals surface area contributed by atoms with Crippen LogP contribution in [0.1, 0.15) is 62.7 Å². The Balaban J connectivity index is 0.000000211. The second-order valence-corrected chi connectivity index (χ2v) is 11.2. The van der Waals surface area contributed by atoms with E-state index in [2.05, 4.69) is 55.3 Å². The molecule has 0 saturated carbocycles. The SMILES string of the molecule is C=CC[C@@]1(CO)CC(=O)N([C@H](C)c2ccccc2)C1.C=CC[C@@]1(COC)CCN([C@H](C)c2ccccc2)C1. The van der Waals surface area contributed by atoms with Crippen LogP contribution in [0.2, 0.25) is 0 Å². The van der Waals surface area contributed by atoms with Crippen LogP contribution in [-0.4, -0.2) is 60.8 Å². The number of aliphatic hydroxyl groups excluding tert-OH is 1. The minimum Gasteiger partial charge on any atom is -0.396 e. The molecule has 2 aliphatic rings. The van der Waals surface area contributed by atoms with Crippen LogP contribution in [0.15, 0.2) is 86.0 Å². The number of rotatable bonds is 11. The van der Waals surface area contributed by atoms with Gasteiger partial charge in [-0.2, -0.15) is 0 Å². The van der Waals surface area contributed by atoms with E-state index in [1.165, 1.54) is 12.0 Å². The third-order valence-corrected chi connectivity index (χ3v) is 8.34. The molecule has 2 aromatic carbocycles. The van der Waals surface area contributed by atoms with Crippen molar-refractivity contribution in [3.8, 4) is 0 Å². The van der Waals surface area contributed by atoms with Crippen LogP contribution in [0.4, 0.5) is 0 Å². The van der Waals surface area contributed by atoms with Crippen LogP contribution in [-0.2, 0) is 9.53 Å². The van der Waals surface area contributed by atoms with Crippen molar-refractivity contribution in [2.24, 2.45) is 10.8 Å². The molecule has 2 aliphatic heterocycles. The average Bonchev–Trinajstić information content (AvgIpc) is 3.51. The van der Waals surface area contributed by atoms with Crippen LogP contribution < -0.4 is 0 Å². The maximum Gasteiger partial charge on any atom is 0.223 e. The highest BCUT2D eigenvalue weighted by molar-refractivity contribution is 5.80. The summed E-state index contributed by atoms with van der Waals surface area (Å²) in [6.07, 6.45) is 7.15. The Bertz CT molecular complexity index is 1030. The zero-order valence-corrected chi connectivity index (χ0v) is 23.5. The van der Waals surface area contributed by atoms with E-state index < -0.39 is 0 Å². The van der Waals surface area contributed by atoms with Gasteiger partial charge in [-0.25, -0.2) is 0 Å². The number of methoxy groups -OCH3 is 1. The highest BCUT2D eigenvalue weighted by Gasteiger charge is 2.43. The molecule has 0 unspecified atom stereocenters. The van der Waals surface area contributed by atoms with Gasteiger partial charge in [0.05, 0.1) is 19.3 Å². The summed E-state index contributed by atoms with van der Waals surface area (Å²) in [5, 5.41) is 9.61. The molecule has 2 fully saturated rings. The lowest BCUT2D eigenvalue weighted by molar-refractivity contribution is -0.129. The molecule has 0 bridgehead atoms. The fourth-order valence-corrected chi connectivity index (χ4v) is 6.00. The molecule has 2 heterocycles. The van der Waals surface area contributed by atoms with Crippen molar-refractivity contribution in [3.63, 3.8) is 0 Å².